The quantitative estimate of drug-likeness (QED) is 0.312. The number of carboxylic acids is 1. The molecule has 176 valence electrons. The van der Waals surface area contributed by atoms with E-state index >= 15 is 0 Å². The number of aromatic nitrogens is 2. The Morgan fingerprint density at radius 2 is 1.76 bits per heavy atom. The third kappa shape index (κ3) is 5.14. The molecule has 0 bridgehead atoms. The number of sulfonamides is 1. The minimum Gasteiger partial charge on any atom is -0.480 e. The summed E-state index contributed by atoms with van der Waals surface area (Å²) in [5.74, 6) is -1.24. The summed E-state index contributed by atoms with van der Waals surface area (Å²) in [5, 5.41) is 10.8. The van der Waals surface area contributed by atoms with Crippen molar-refractivity contribution in [3.63, 3.8) is 0 Å². The molecule has 0 fully saturated rings. The number of H-pyrrole nitrogens is 1. The highest BCUT2D eigenvalue weighted by Crippen LogP contribution is 2.29. The van der Waals surface area contributed by atoms with Gasteiger partial charge in [0.15, 0.2) is 0 Å². The molecule has 4 rings (SSSR count). The normalized spacial score (nSPS) is 12.7. The van der Waals surface area contributed by atoms with E-state index < -0.39 is 22.0 Å². The van der Waals surface area contributed by atoms with Crippen molar-refractivity contribution >= 4 is 38.5 Å². The summed E-state index contributed by atoms with van der Waals surface area (Å²) in [6.45, 7) is 3.84. The Morgan fingerprint density at radius 1 is 1.09 bits per heavy atom. The van der Waals surface area contributed by atoms with E-state index in [0.717, 1.165) is 39.0 Å². The van der Waals surface area contributed by atoms with Gasteiger partial charge in [0.2, 0.25) is 10.0 Å². The number of carboxylic acid groups (broad SMARTS) is 1. The number of nitrogens with zero attached hydrogens (tertiary/aromatic N) is 1. The summed E-state index contributed by atoms with van der Waals surface area (Å²) in [7, 11) is -4.03. The fourth-order valence-electron chi connectivity index (χ4n) is 3.94. The van der Waals surface area contributed by atoms with Gasteiger partial charge in [-0.15, -0.1) is 0 Å². The molecule has 0 aliphatic heterocycles. The van der Waals surface area contributed by atoms with Crippen molar-refractivity contribution in [2.75, 3.05) is 0 Å². The summed E-state index contributed by atoms with van der Waals surface area (Å²) in [6.07, 6.45) is 0.577. The zero-order chi connectivity index (χ0) is 24.5. The predicted octanol–water partition coefficient (Wildman–Crippen LogP) is 4.40. The number of hydrogen-bond acceptors (Lipinski definition) is 4. The van der Waals surface area contributed by atoms with Crippen LogP contribution in [0.4, 0.5) is 0 Å². The number of rotatable bonds is 8. The second kappa shape index (κ2) is 9.58. The monoisotopic (exact) mass is 497 g/mol. The average Bonchev–Trinajstić information content (AvgIpc) is 3.19. The van der Waals surface area contributed by atoms with E-state index in [0.29, 0.717) is 11.6 Å². The lowest BCUT2D eigenvalue weighted by atomic mass is 10.0. The number of aryl methyl sites for hydroxylation is 2. The van der Waals surface area contributed by atoms with E-state index in [1.807, 2.05) is 26.0 Å². The van der Waals surface area contributed by atoms with Gasteiger partial charge in [-0.05, 0) is 49.6 Å². The first-order valence-corrected chi connectivity index (χ1v) is 12.5. The highest BCUT2D eigenvalue weighted by molar-refractivity contribution is 7.89. The molecule has 4 aromatic rings. The van der Waals surface area contributed by atoms with E-state index in [1.165, 1.54) is 12.1 Å². The lowest BCUT2D eigenvalue weighted by Gasteiger charge is -2.15. The molecule has 0 saturated heterocycles. The second-order valence-corrected chi connectivity index (χ2v) is 10.3. The van der Waals surface area contributed by atoms with Crippen molar-refractivity contribution in [2.45, 2.75) is 37.6 Å². The molecule has 1 atom stereocenters. The smallest absolute Gasteiger partial charge is 0.322 e. The number of halogens is 1. The van der Waals surface area contributed by atoms with E-state index in [4.69, 9.17) is 11.6 Å². The summed E-state index contributed by atoms with van der Waals surface area (Å²) in [6, 6.07) is 16.0. The van der Waals surface area contributed by atoms with Gasteiger partial charge >= 0.3 is 5.97 Å². The maximum Gasteiger partial charge on any atom is 0.322 e. The second-order valence-electron chi connectivity index (χ2n) is 8.23. The van der Waals surface area contributed by atoms with Gasteiger partial charge in [0.1, 0.15) is 11.2 Å². The first-order valence-electron chi connectivity index (χ1n) is 10.7. The standard InChI is InChI=1S/C25H24ClN3O4S/c1-15-12-21-23(27-15)20(16(2)28-24(21)26)13-18-8-10-19(11-9-18)34(32,33)29-22(25(30)31)14-17-6-4-3-5-7-17/h3-12,22,27,29H,13-14H2,1-2H3,(H,30,31)/t22-/m1/s1. The molecule has 0 saturated carbocycles. The molecule has 34 heavy (non-hydrogen) atoms. The molecule has 2 heterocycles. The maximum absolute atomic E-state index is 12.9. The van der Waals surface area contributed by atoms with Crippen molar-refractivity contribution in [3.05, 3.63) is 93.9 Å². The van der Waals surface area contributed by atoms with Crippen molar-refractivity contribution in [1.82, 2.24) is 14.7 Å². The molecule has 0 spiro atoms. The van der Waals surface area contributed by atoms with Crippen molar-refractivity contribution in [2.24, 2.45) is 0 Å². The topological polar surface area (TPSA) is 112 Å². The average molecular weight is 498 g/mol. The van der Waals surface area contributed by atoms with E-state index in [1.54, 1.807) is 36.4 Å². The number of fused-ring (bicyclic) bond motifs is 1. The SMILES string of the molecule is Cc1cc2c(Cl)nc(C)c(Cc3ccc(S(=O)(=O)N[C@H](Cc4ccccc4)C(=O)O)cc3)c2[nH]1. The van der Waals surface area contributed by atoms with Gasteiger partial charge in [0, 0.05) is 28.8 Å². The highest BCUT2D eigenvalue weighted by atomic mass is 35.5. The number of pyridine rings is 1. The zero-order valence-corrected chi connectivity index (χ0v) is 20.2. The zero-order valence-electron chi connectivity index (χ0n) is 18.7. The van der Waals surface area contributed by atoms with Crippen LogP contribution in [-0.2, 0) is 27.7 Å². The van der Waals surface area contributed by atoms with Crippen LogP contribution in [0.15, 0.2) is 65.6 Å². The molecule has 0 unspecified atom stereocenters. The van der Waals surface area contributed by atoms with Crippen LogP contribution in [0.3, 0.4) is 0 Å². The van der Waals surface area contributed by atoms with Crippen LogP contribution in [0.2, 0.25) is 5.15 Å². The maximum atomic E-state index is 12.9. The molecule has 0 amide bonds. The summed E-state index contributed by atoms with van der Waals surface area (Å²) in [4.78, 5) is 19.5. The van der Waals surface area contributed by atoms with Crippen LogP contribution in [0.25, 0.3) is 10.9 Å². The number of carbonyl (C=O) groups is 1. The summed E-state index contributed by atoms with van der Waals surface area (Å²) < 4.78 is 28.1. The molecule has 0 aliphatic carbocycles. The van der Waals surface area contributed by atoms with Crippen LogP contribution in [0.5, 0.6) is 0 Å². The van der Waals surface area contributed by atoms with Crippen LogP contribution in [0, 0.1) is 13.8 Å². The Labute approximate surface area is 202 Å². The highest BCUT2D eigenvalue weighted by Gasteiger charge is 2.25. The van der Waals surface area contributed by atoms with E-state index in [-0.39, 0.29) is 11.3 Å². The first kappa shape index (κ1) is 23.9. The number of nitrogens with one attached hydrogen (secondary N) is 2. The van der Waals surface area contributed by atoms with Crippen LogP contribution >= 0.6 is 11.6 Å². The van der Waals surface area contributed by atoms with Gasteiger partial charge in [-0.2, -0.15) is 4.72 Å². The Morgan fingerprint density at radius 3 is 2.41 bits per heavy atom. The van der Waals surface area contributed by atoms with E-state index in [2.05, 4.69) is 14.7 Å². The Bertz CT molecular complexity index is 1450. The lowest BCUT2D eigenvalue weighted by Crippen LogP contribution is -2.42. The van der Waals surface area contributed by atoms with Crippen molar-refractivity contribution < 1.29 is 18.3 Å². The van der Waals surface area contributed by atoms with Crippen molar-refractivity contribution in [3.8, 4) is 0 Å². The van der Waals surface area contributed by atoms with Crippen LogP contribution in [0.1, 0.15) is 28.1 Å². The minimum absolute atomic E-state index is 0.00220. The van der Waals surface area contributed by atoms with Crippen LogP contribution < -0.4 is 4.72 Å². The Kier molecular flexibility index (Phi) is 6.74. The number of aliphatic carboxylic acids is 1. The number of aromatic amines is 1. The molecule has 9 heteroatoms. The molecule has 2 aromatic carbocycles. The molecule has 2 aromatic heterocycles. The summed E-state index contributed by atoms with van der Waals surface area (Å²) >= 11 is 6.29. The predicted molar refractivity (Wildman–Crippen MR) is 132 cm³/mol. The van der Waals surface area contributed by atoms with Gasteiger partial charge < -0.3 is 10.1 Å². The fraction of sp³-hybridized carbons (Fsp3) is 0.200. The third-order valence-corrected chi connectivity index (χ3v) is 7.45. The Balaban J connectivity index is 1.55. The molecule has 0 aliphatic rings. The van der Waals surface area contributed by atoms with Gasteiger partial charge in [-0.3, -0.25) is 4.79 Å². The molecular formula is C25H24ClN3O4S. The minimum atomic E-state index is -4.03. The number of benzene rings is 2. The van der Waals surface area contributed by atoms with Gasteiger partial charge in [0.25, 0.3) is 0 Å². The third-order valence-electron chi connectivity index (χ3n) is 5.67. The summed E-state index contributed by atoms with van der Waals surface area (Å²) in [5.41, 5.74) is 5.28. The lowest BCUT2D eigenvalue weighted by molar-refractivity contribution is -0.138. The van der Waals surface area contributed by atoms with Crippen molar-refractivity contribution in [1.29, 1.82) is 0 Å². The molecule has 0 radical (unpaired) electrons. The van der Waals surface area contributed by atoms with Gasteiger partial charge in [-0.1, -0.05) is 54.1 Å². The number of hydrogen-bond donors (Lipinski definition) is 3. The molecule has 7 nitrogen and oxygen atoms in total. The fourth-order valence-corrected chi connectivity index (χ4v) is 5.40. The molecular weight excluding hydrogens is 474 g/mol. The van der Waals surface area contributed by atoms with E-state index in [9.17, 15) is 18.3 Å². The Hall–Kier alpha value is -3.20. The van der Waals surface area contributed by atoms with Crippen LogP contribution in [-0.4, -0.2) is 35.5 Å². The largest absolute Gasteiger partial charge is 0.480 e. The first-order chi connectivity index (χ1) is 16.1. The van der Waals surface area contributed by atoms with Gasteiger partial charge in [-0.25, -0.2) is 13.4 Å². The van der Waals surface area contributed by atoms with Gasteiger partial charge in [0.05, 0.1) is 10.4 Å². The molecule has 3 N–H and O–H groups in total.